The first kappa shape index (κ1) is 13.2. The number of piperidine rings is 1. The summed E-state index contributed by atoms with van der Waals surface area (Å²) in [6.45, 7) is 5.78. The Labute approximate surface area is 113 Å². The van der Waals surface area contributed by atoms with Crippen LogP contribution in [0, 0.1) is 12.8 Å². The van der Waals surface area contributed by atoms with Crippen LogP contribution in [0.2, 0.25) is 5.02 Å². The molecule has 1 aromatic carbocycles. The van der Waals surface area contributed by atoms with Crippen LogP contribution in [-0.2, 0) is 0 Å². The van der Waals surface area contributed by atoms with E-state index in [1.165, 1.54) is 6.42 Å². The molecule has 0 aromatic heterocycles. The number of nitrogens with one attached hydrogen (secondary N) is 1. The lowest BCUT2D eigenvalue weighted by Gasteiger charge is -2.31. The van der Waals surface area contributed by atoms with Crippen LogP contribution in [0.15, 0.2) is 18.2 Å². The number of rotatable bonds is 1. The molecular formula is C14H19ClN2O. The van der Waals surface area contributed by atoms with E-state index in [2.05, 4.69) is 12.2 Å². The number of hydrogen-bond acceptors (Lipinski definition) is 1. The number of nitrogens with zero attached hydrogens (tertiary/aromatic N) is 1. The summed E-state index contributed by atoms with van der Waals surface area (Å²) in [5, 5.41) is 3.62. The van der Waals surface area contributed by atoms with Crippen molar-refractivity contribution in [3.8, 4) is 0 Å². The Kier molecular flexibility index (Phi) is 4.12. The van der Waals surface area contributed by atoms with E-state index >= 15 is 0 Å². The molecule has 1 aliphatic rings. The summed E-state index contributed by atoms with van der Waals surface area (Å²) in [6.07, 6.45) is 2.29. The summed E-state index contributed by atoms with van der Waals surface area (Å²) in [4.78, 5) is 14.0. The van der Waals surface area contributed by atoms with Crippen molar-refractivity contribution < 1.29 is 4.79 Å². The monoisotopic (exact) mass is 266 g/mol. The summed E-state index contributed by atoms with van der Waals surface area (Å²) in [5.74, 6) is 0.588. The normalized spacial score (nSPS) is 19.7. The van der Waals surface area contributed by atoms with Gasteiger partial charge in [-0.2, -0.15) is 0 Å². The summed E-state index contributed by atoms with van der Waals surface area (Å²) < 4.78 is 0. The summed E-state index contributed by atoms with van der Waals surface area (Å²) in [6, 6.07) is 5.54. The van der Waals surface area contributed by atoms with Crippen molar-refractivity contribution in [3.63, 3.8) is 0 Å². The van der Waals surface area contributed by atoms with Crippen molar-refractivity contribution in [2.75, 3.05) is 18.4 Å². The van der Waals surface area contributed by atoms with Crippen molar-refractivity contribution in [1.29, 1.82) is 0 Å². The Balaban J connectivity index is 2.04. The van der Waals surface area contributed by atoms with Gasteiger partial charge in [-0.3, -0.25) is 0 Å². The minimum Gasteiger partial charge on any atom is -0.324 e. The van der Waals surface area contributed by atoms with E-state index in [-0.39, 0.29) is 6.03 Å². The molecule has 1 N–H and O–H groups in total. The third kappa shape index (κ3) is 2.96. The number of benzene rings is 1. The standard InChI is InChI=1S/C14H19ClN2O/c1-10-5-4-8-17(9-10)14(18)16-13-7-3-6-12(15)11(13)2/h3,6-7,10H,4-5,8-9H2,1-2H3,(H,16,18). The fourth-order valence-corrected chi connectivity index (χ4v) is 2.49. The van der Waals surface area contributed by atoms with Crippen LogP contribution in [-0.4, -0.2) is 24.0 Å². The number of likely N-dealkylation sites (tertiary alicyclic amines) is 1. The molecule has 98 valence electrons. The average molecular weight is 267 g/mol. The average Bonchev–Trinajstić information content (AvgIpc) is 2.35. The largest absolute Gasteiger partial charge is 0.324 e. The highest BCUT2D eigenvalue weighted by molar-refractivity contribution is 6.31. The Morgan fingerprint density at radius 3 is 3.00 bits per heavy atom. The lowest BCUT2D eigenvalue weighted by molar-refractivity contribution is 0.182. The molecular weight excluding hydrogens is 248 g/mol. The number of halogens is 1. The first-order valence-corrected chi connectivity index (χ1v) is 6.76. The molecule has 1 aromatic rings. The summed E-state index contributed by atoms with van der Waals surface area (Å²) >= 11 is 6.04. The van der Waals surface area contributed by atoms with Gasteiger partial charge >= 0.3 is 6.03 Å². The molecule has 0 spiro atoms. The molecule has 18 heavy (non-hydrogen) atoms. The minimum atomic E-state index is -0.0214. The second-order valence-corrected chi connectivity index (χ2v) is 5.44. The van der Waals surface area contributed by atoms with Gasteiger partial charge in [0, 0.05) is 23.8 Å². The maximum Gasteiger partial charge on any atom is 0.321 e. The number of hydrogen-bond donors (Lipinski definition) is 1. The molecule has 0 aliphatic carbocycles. The quantitative estimate of drug-likeness (QED) is 0.821. The zero-order chi connectivity index (χ0) is 13.1. The zero-order valence-electron chi connectivity index (χ0n) is 10.9. The number of amides is 2. The molecule has 3 nitrogen and oxygen atoms in total. The maximum absolute atomic E-state index is 12.1. The second kappa shape index (κ2) is 5.61. The number of anilines is 1. The van der Waals surface area contributed by atoms with E-state index in [1.807, 2.05) is 30.0 Å². The molecule has 1 heterocycles. The fraction of sp³-hybridized carbons (Fsp3) is 0.500. The van der Waals surface area contributed by atoms with Gasteiger partial charge in [0.2, 0.25) is 0 Å². The molecule has 1 fully saturated rings. The molecule has 1 saturated heterocycles. The maximum atomic E-state index is 12.1. The van der Waals surface area contributed by atoms with Crippen molar-refractivity contribution in [3.05, 3.63) is 28.8 Å². The molecule has 2 amide bonds. The third-order valence-corrected chi connectivity index (χ3v) is 3.86. The number of urea groups is 1. The minimum absolute atomic E-state index is 0.0214. The summed E-state index contributed by atoms with van der Waals surface area (Å²) in [7, 11) is 0. The van der Waals surface area contributed by atoms with Crippen molar-refractivity contribution in [2.24, 2.45) is 5.92 Å². The summed E-state index contributed by atoms with van der Waals surface area (Å²) in [5.41, 5.74) is 1.71. The smallest absolute Gasteiger partial charge is 0.321 e. The van der Waals surface area contributed by atoms with E-state index in [1.54, 1.807) is 0 Å². The zero-order valence-corrected chi connectivity index (χ0v) is 11.6. The van der Waals surface area contributed by atoms with Gasteiger partial charge in [-0.25, -0.2) is 4.79 Å². The van der Waals surface area contributed by atoms with Crippen LogP contribution >= 0.6 is 11.6 Å². The number of carbonyl (C=O) groups is 1. The first-order valence-electron chi connectivity index (χ1n) is 6.39. The second-order valence-electron chi connectivity index (χ2n) is 5.04. The molecule has 0 saturated carbocycles. The topological polar surface area (TPSA) is 32.3 Å². The predicted octanol–water partition coefficient (Wildman–Crippen LogP) is 3.91. The van der Waals surface area contributed by atoms with Gasteiger partial charge in [-0.1, -0.05) is 24.6 Å². The molecule has 1 unspecified atom stereocenters. The van der Waals surface area contributed by atoms with Crippen LogP contribution < -0.4 is 5.32 Å². The van der Waals surface area contributed by atoms with Crippen LogP contribution in [0.25, 0.3) is 0 Å². The van der Waals surface area contributed by atoms with Gasteiger partial charge in [-0.05, 0) is 43.4 Å². The molecule has 0 bridgehead atoms. The highest BCUT2D eigenvalue weighted by Gasteiger charge is 2.21. The highest BCUT2D eigenvalue weighted by Crippen LogP contribution is 2.24. The highest BCUT2D eigenvalue weighted by atomic mass is 35.5. The van der Waals surface area contributed by atoms with Gasteiger partial charge in [0.1, 0.15) is 0 Å². The SMILES string of the molecule is Cc1c(Cl)cccc1NC(=O)N1CCCC(C)C1. The van der Waals surface area contributed by atoms with Gasteiger partial charge in [0.15, 0.2) is 0 Å². The van der Waals surface area contributed by atoms with Gasteiger partial charge in [0.05, 0.1) is 0 Å². The van der Waals surface area contributed by atoms with Crippen LogP contribution in [0.3, 0.4) is 0 Å². The van der Waals surface area contributed by atoms with E-state index < -0.39 is 0 Å². The fourth-order valence-electron chi connectivity index (χ4n) is 2.31. The van der Waals surface area contributed by atoms with Gasteiger partial charge in [0.25, 0.3) is 0 Å². The molecule has 2 rings (SSSR count). The van der Waals surface area contributed by atoms with E-state index in [0.717, 1.165) is 30.8 Å². The molecule has 1 atom stereocenters. The van der Waals surface area contributed by atoms with Crippen molar-refractivity contribution in [2.45, 2.75) is 26.7 Å². The van der Waals surface area contributed by atoms with Crippen LogP contribution in [0.4, 0.5) is 10.5 Å². The van der Waals surface area contributed by atoms with Gasteiger partial charge < -0.3 is 10.2 Å². The van der Waals surface area contributed by atoms with Crippen LogP contribution in [0.1, 0.15) is 25.3 Å². The van der Waals surface area contributed by atoms with E-state index in [9.17, 15) is 4.79 Å². The number of carbonyl (C=O) groups excluding carboxylic acids is 1. The van der Waals surface area contributed by atoms with Crippen molar-refractivity contribution >= 4 is 23.3 Å². The van der Waals surface area contributed by atoms with Crippen molar-refractivity contribution in [1.82, 2.24) is 4.90 Å². The Hall–Kier alpha value is -1.22. The Bertz CT molecular complexity index is 447. The first-order chi connectivity index (χ1) is 8.58. The Morgan fingerprint density at radius 2 is 2.28 bits per heavy atom. The van der Waals surface area contributed by atoms with Gasteiger partial charge in [-0.15, -0.1) is 0 Å². The van der Waals surface area contributed by atoms with Crippen LogP contribution in [0.5, 0.6) is 0 Å². The van der Waals surface area contributed by atoms with E-state index in [0.29, 0.717) is 10.9 Å². The lowest BCUT2D eigenvalue weighted by atomic mass is 10.0. The Morgan fingerprint density at radius 1 is 1.50 bits per heavy atom. The van der Waals surface area contributed by atoms with E-state index in [4.69, 9.17) is 11.6 Å². The molecule has 0 radical (unpaired) electrons. The molecule has 4 heteroatoms. The molecule has 1 aliphatic heterocycles. The predicted molar refractivity (Wildman–Crippen MR) is 75.2 cm³/mol. The lowest BCUT2D eigenvalue weighted by Crippen LogP contribution is -2.41. The third-order valence-electron chi connectivity index (χ3n) is 3.45.